The number of fused-ring (bicyclic) bond motifs is 1. The van der Waals surface area contributed by atoms with E-state index >= 15 is 0 Å². The Morgan fingerprint density at radius 2 is 2.26 bits per heavy atom. The van der Waals surface area contributed by atoms with Crippen LogP contribution in [0.5, 0.6) is 0 Å². The summed E-state index contributed by atoms with van der Waals surface area (Å²) >= 11 is 6.21. The minimum atomic E-state index is -0.181. The third kappa shape index (κ3) is 2.21. The number of rotatable bonds is 3. The molecule has 1 unspecified atom stereocenters. The van der Waals surface area contributed by atoms with Crippen molar-refractivity contribution < 1.29 is 4.52 Å². The Bertz CT molecular complexity index is 703. The zero-order valence-corrected chi connectivity index (χ0v) is 11.4. The Hall–Kier alpha value is -1.88. The van der Waals surface area contributed by atoms with Crippen LogP contribution in [-0.4, -0.2) is 19.7 Å². The minimum Gasteiger partial charge on any atom is -0.343 e. The molecule has 0 aliphatic heterocycles. The SMILES string of the molecule is Cc1ccc2c(c1)nc(C(C)Cl)n2Cc1ncon1. The van der Waals surface area contributed by atoms with Gasteiger partial charge in [-0.15, -0.1) is 11.6 Å². The number of hydrogen-bond donors (Lipinski definition) is 0. The Balaban J connectivity index is 2.16. The molecule has 3 aromatic rings. The van der Waals surface area contributed by atoms with Crippen molar-refractivity contribution in [3.63, 3.8) is 0 Å². The molecule has 5 nitrogen and oxygen atoms in total. The molecule has 0 aliphatic carbocycles. The Labute approximate surface area is 115 Å². The molecular weight excluding hydrogens is 264 g/mol. The summed E-state index contributed by atoms with van der Waals surface area (Å²) in [4.78, 5) is 8.64. The summed E-state index contributed by atoms with van der Waals surface area (Å²) in [5.74, 6) is 1.42. The lowest BCUT2D eigenvalue weighted by Gasteiger charge is -2.07. The second-order valence-electron chi connectivity index (χ2n) is 4.51. The maximum absolute atomic E-state index is 6.21. The number of aromatic nitrogens is 4. The van der Waals surface area contributed by atoms with Crippen molar-refractivity contribution in [2.45, 2.75) is 25.8 Å². The van der Waals surface area contributed by atoms with Crippen molar-refractivity contribution in [1.29, 1.82) is 0 Å². The first-order chi connectivity index (χ1) is 9.15. The average molecular weight is 277 g/mol. The Morgan fingerprint density at radius 3 is 2.95 bits per heavy atom. The molecule has 0 saturated heterocycles. The van der Waals surface area contributed by atoms with E-state index in [1.54, 1.807) is 0 Å². The predicted octanol–water partition coefficient (Wildman–Crippen LogP) is 3.08. The van der Waals surface area contributed by atoms with Crippen molar-refractivity contribution in [1.82, 2.24) is 19.7 Å². The fraction of sp³-hybridized carbons (Fsp3) is 0.308. The van der Waals surface area contributed by atoms with Gasteiger partial charge in [-0.3, -0.25) is 0 Å². The smallest absolute Gasteiger partial charge is 0.213 e. The molecule has 0 radical (unpaired) electrons. The summed E-state index contributed by atoms with van der Waals surface area (Å²) in [6.07, 6.45) is 1.32. The summed E-state index contributed by atoms with van der Waals surface area (Å²) in [5, 5.41) is 3.66. The minimum absolute atomic E-state index is 0.181. The van der Waals surface area contributed by atoms with Crippen molar-refractivity contribution in [2.75, 3.05) is 0 Å². The first-order valence-electron chi connectivity index (χ1n) is 6.01. The van der Waals surface area contributed by atoms with E-state index in [0.29, 0.717) is 12.4 Å². The second kappa shape index (κ2) is 4.66. The van der Waals surface area contributed by atoms with Crippen LogP contribution in [0.4, 0.5) is 0 Å². The highest BCUT2D eigenvalue weighted by atomic mass is 35.5. The van der Waals surface area contributed by atoms with Crippen LogP contribution in [0, 0.1) is 6.92 Å². The average Bonchev–Trinajstić information content (AvgIpc) is 2.97. The quantitative estimate of drug-likeness (QED) is 0.690. The largest absolute Gasteiger partial charge is 0.343 e. The molecule has 3 rings (SSSR count). The normalized spacial score (nSPS) is 13.0. The highest BCUT2D eigenvalue weighted by Crippen LogP contribution is 2.25. The van der Waals surface area contributed by atoms with Crippen LogP contribution >= 0.6 is 11.6 Å². The van der Waals surface area contributed by atoms with Crippen LogP contribution < -0.4 is 0 Å². The highest BCUT2D eigenvalue weighted by molar-refractivity contribution is 6.20. The third-order valence-corrected chi connectivity index (χ3v) is 3.19. The Morgan fingerprint density at radius 1 is 1.42 bits per heavy atom. The number of nitrogens with zero attached hydrogens (tertiary/aromatic N) is 4. The lowest BCUT2D eigenvalue weighted by atomic mass is 10.2. The predicted molar refractivity (Wildman–Crippen MR) is 72.1 cm³/mol. The zero-order valence-electron chi connectivity index (χ0n) is 10.7. The van der Waals surface area contributed by atoms with Crippen LogP contribution in [0.15, 0.2) is 29.1 Å². The lowest BCUT2D eigenvalue weighted by Crippen LogP contribution is -2.06. The fourth-order valence-electron chi connectivity index (χ4n) is 2.13. The van der Waals surface area contributed by atoms with Gasteiger partial charge in [0.1, 0.15) is 5.82 Å². The van der Waals surface area contributed by atoms with Crippen molar-refractivity contribution in [2.24, 2.45) is 0 Å². The number of hydrogen-bond acceptors (Lipinski definition) is 4. The Kier molecular flexibility index (Phi) is 2.98. The number of aryl methyl sites for hydroxylation is 1. The lowest BCUT2D eigenvalue weighted by molar-refractivity contribution is 0.408. The molecule has 0 bridgehead atoms. The summed E-state index contributed by atoms with van der Waals surface area (Å²) in [6.45, 7) is 4.45. The van der Waals surface area contributed by atoms with Crippen LogP contribution in [0.3, 0.4) is 0 Å². The molecule has 0 fully saturated rings. The molecule has 98 valence electrons. The van der Waals surface area contributed by atoms with Gasteiger partial charge in [-0.2, -0.15) is 4.98 Å². The third-order valence-electron chi connectivity index (χ3n) is 3.00. The molecule has 0 N–H and O–H groups in total. The molecule has 1 atom stereocenters. The van der Waals surface area contributed by atoms with Gasteiger partial charge in [0, 0.05) is 0 Å². The van der Waals surface area contributed by atoms with Crippen molar-refractivity contribution in [3.8, 4) is 0 Å². The molecule has 6 heteroatoms. The van der Waals surface area contributed by atoms with Gasteiger partial charge in [-0.05, 0) is 31.5 Å². The van der Waals surface area contributed by atoms with Crippen LogP contribution in [0.2, 0.25) is 0 Å². The van der Waals surface area contributed by atoms with Gasteiger partial charge in [-0.1, -0.05) is 11.2 Å². The van der Waals surface area contributed by atoms with E-state index < -0.39 is 0 Å². The second-order valence-corrected chi connectivity index (χ2v) is 5.17. The topological polar surface area (TPSA) is 56.7 Å². The van der Waals surface area contributed by atoms with Crippen molar-refractivity contribution in [3.05, 3.63) is 41.8 Å². The summed E-state index contributed by atoms with van der Waals surface area (Å²) in [6, 6.07) is 6.14. The van der Waals surface area contributed by atoms with E-state index in [1.165, 1.54) is 12.0 Å². The molecule has 1 aromatic carbocycles. The van der Waals surface area contributed by atoms with Crippen LogP contribution in [0.25, 0.3) is 11.0 Å². The summed E-state index contributed by atoms with van der Waals surface area (Å²) < 4.78 is 6.79. The van der Waals surface area contributed by atoms with E-state index in [-0.39, 0.29) is 5.38 Å². The van der Waals surface area contributed by atoms with Gasteiger partial charge < -0.3 is 9.09 Å². The molecular formula is C13H13ClN4O. The van der Waals surface area contributed by atoms with Gasteiger partial charge in [0.2, 0.25) is 6.39 Å². The van der Waals surface area contributed by atoms with Crippen LogP contribution in [0.1, 0.15) is 29.5 Å². The number of alkyl halides is 1. The number of imidazole rings is 1. The number of benzene rings is 1. The van der Waals surface area contributed by atoms with Gasteiger partial charge in [-0.25, -0.2) is 4.98 Å². The van der Waals surface area contributed by atoms with Gasteiger partial charge in [0.15, 0.2) is 5.82 Å². The first kappa shape index (κ1) is 12.2. The molecule has 0 spiro atoms. The molecule has 0 amide bonds. The standard InChI is InChI=1S/C13H13ClN4O/c1-8-3-4-11-10(5-8)16-13(9(2)14)18(11)6-12-15-7-19-17-12/h3-5,7,9H,6H2,1-2H3. The summed E-state index contributed by atoms with van der Waals surface area (Å²) in [5.41, 5.74) is 3.13. The first-order valence-corrected chi connectivity index (χ1v) is 6.45. The summed E-state index contributed by atoms with van der Waals surface area (Å²) in [7, 11) is 0. The molecule has 0 saturated carbocycles. The molecule has 0 aliphatic rings. The van der Waals surface area contributed by atoms with Gasteiger partial charge in [0.25, 0.3) is 0 Å². The molecule has 2 heterocycles. The maximum Gasteiger partial charge on any atom is 0.213 e. The van der Waals surface area contributed by atoms with E-state index in [0.717, 1.165) is 16.9 Å². The highest BCUT2D eigenvalue weighted by Gasteiger charge is 2.16. The fourth-order valence-corrected chi connectivity index (χ4v) is 2.30. The van der Waals surface area contributed by atoms with Gasteiger partial charge in [0.05, 0.1) is 23.0 Å². The van der Waals surface area contributed by atoms with Crippen molar-refractivity contribution >= 4 is 22.6 Å². The maximum atomic E-state index is 6.21. The van der Waals surface area contributed by atoms with E-state index in [1.807, 2.05) is 30.5 Å². The molecule has 2 aromatic heterocycles. The van der Waals surface area contributed by atoms with Crippen LogP contribution in [-0.2, 0) is 6.54 Å². The monoisotopic (exact) mass is 276 g/mol. The molecule has 19 heavy (non-hydrogen) atoms. The van der Waals surface area contributed by atoms with Gasteiger partial charge >= 0.3 is 0 Å². The van der Waals surface area contributed by atoms with E-state index in [2.05, 4.69) is 21.2 Å². The number of halogens is 1. The zero-order chi connectivity index (χ0) is 13.4. The van der Waals surface area contributed by atoms with E-state index in [9.17, 15) is 0 Å². The van der Waals surface area contributed by atoms with E-state index in [4.69, 9.17) is 16.1 Å².